The topological polar surface area (TPSA) is 12.0 Å². The molecule has 1 nitrogen and oxygen atoms in total. The zero-order valence-electron chi connectivity index (χ0n) is 11.4. The zero-order chi connectivity index (χ0) is 14.7. The summed E-state index contributed by atoms with van der Waals surface area (Å²) in [4.78, 5) is 0. The quantitative estimate of drug-likeness (QED) is 0.843. The highest BCUT2D eigenvalue weighted by Crippen LogP contribution is 2.29. The van der Waals surface area contributed by atoms with Gasteiger partial charge in [0, 0.05) is 11.1 Å². The summed E-state index contributed by atoms with van der Waals surface area (Å²) < 4.78 is 13.2. The maximum Gasteiger partial charge on any atom is 0.141 e. The minimum Gasteiger partial charge on any atom is -0.313 e. The van der Waals surface area contributed by atoms with Crippen molar-refractivity contribution in [2.45, 2.75) is 19.4 Å². The van der Waals surface area contributed by atoms with Gasteiger partial charge in [0.05, 0.1) is 5.02 Å². The van der Waals surface area contributed by atoms with Gasteiger partial charge in [0.15, 0.2) is 0 Å². The van der Waals surface area contributed by atoms with E-state index in [0.717, 1.165) is 21.7 Å². The van der Waals surface area contributed by atoms with Gasteiger partial charge >= 0.3 is 0 Å². The van der Waals surface area contributed by atoms with Crippen LogP contribution in [0.4, 0.5) is 4.39 Å². The Balaban J connectivity index is 2.28. The van der Waals surface area contributed by atoms with E-state index in [1.165, 1.54) is 6.07 Å². The minimum atomic E-state index is -0.398. The molecule has 0 heterocycles. The summed E-state index contributed by atoms with van der Waals surface area (Å²) in [6.07, 6.45) is 0.694. The molecule has 0 saturated carbocycles. The molecule has 1 unspecified atom stereocenters. The second-order valence-electron chi connectivity index (χ2n) is 4.77. The molecule has 2 aromatic carbocycles. The maximum absolute atomic E-state index is 13.2. The lowest BCUT2D eigenvalue weighted by atomic mass is 9.97. The van der Waals surface area contributed by atoms with Gasteiger partial charge in [-0.05, 0) is 49.2 Å². The zero-order valence-corrected chi connectivity index (χ0v) is 12.9. The molecular weight excluding hydrogens is 296 g/mol. The molecular formula is C16H16Cl2FN. The molecule has 0 aliphatic carbocycles. The van der Waals surface area contributed by atoms with E-state index in [4.69, 9.17) is 23.2 Å². The lowest BCUT2D eigenvalue weighted by Crippen LogP contribution is -2.19. The third kappa shape index (κ3) is 3.32. The van der Waals surface area contributed by atoms with Crippen molar-refractivity contribution < 1.29 is 4.39 Å². The van der Waals surface area contributed by atoms with Crippen molar-refractivity contribution in [2.75, 3.05) is 7.05 Å². The SMILES string of the molecule is CNC(Cc1ccc(F)c(Cl)c1)c1cccc(C)c1Cl. The van der Waals surface area contributed by atoms with Crippen LogP contribution in [0.5, 0.6) is 0 Å². The lowest BCUT2D eigenvalue weighted by molar-refractivity contribution is 0.589. The largest absolute Gasteiger partial charge is 0.313 e. The average molecular weight is 312 g/mol. The fraction of sp³-hybridized carbons (Fsp3) is 0.250. The number of nitrogens with one attached hydrogen (secondary N) is 1. The van der Waals surface area contributed by atoms with Gasteiger partial charge < -0.3 is 5.32 Å². The van der Waals surface area contributed by atoms with Crippen molar-refractivity contribution >= 4 is 23.2 Å². The Labute approximate surface area is 128 Å². The van der Waals surface area contributed by atoms with E-state index < -0.39 is 5.82 Å². The highest BCUT2D eigenvalue weighted by molar-refractivity contribution is 6.32. The number of benzene rings is 2. The van der Waals surface area contributed by atoms with Crippen molar-refractivity contribution in [3.63, 3.8) is 0 Å². The van der Waals surface area contributed by atoms with Crippen LogP contribution >= 0.6 is 23.2 Å². The van der Waals surface area contributed by atoms with Crippen LogP contribution in [0.3, 0.4) is 0 Å². The average Bonchev–Trinajstić information content (AvgIpc) is 2.43. The molecule has 0 bridgehead atoms. The predicted octanol–water partition coefficient (Wildman–Crippen LogP) is 4.94. The van der Waals surface area contributed by atoms with Crippen molar-refractivity contribution in [3.05, 3.63) is 69.0 Å². The molecule has 20 heavy (non-hydrogen) atoms. The van der Waals surface area contributed by atoms with Crippen molar-refractivity contribution in [1.29, 1.82) is 0 Å². The molecule has 1 atom stereocenters. The van der Waals surface area contributed by atoms with Crippen molar-refractivity contribution in [2.24, 2.45) is 0 Å². The Morgan fingerprint density at radius 3 is 2.60 bits per heavy atom. The highest BCUT2D eigenvalue weighted by Gasteiger charge is 2.15. The summed E-state index contributed by atoms with van der Waals surface area (Å²) in [5.74, 6) is -0.398. The second-order valence-corrected chi connectivity index (χ2v) is 5.56. The molecule has 0 radical (unpaired) electrons. The third-order valence-electron chi connectivity index (χ3n) is 3.37. The number of aryl methyl sites for hydroxylation is 1. The van der Waals surface area contributed by atoms with Gasteiger partial charge in [-0.3, -0.25) is 0 Å². The molecule has 2 rings (SSSR count). The van der Waals surface area contributed by atoms with Crippen LogP contribution in [0.1, 0.15) is 22.7 Å². The Morgan fingerprint density at radius 1 is 1.20 bits per heavy atom. The predicted molar refractivity (Wildman–Crippen MR) is 83.1 cm³/mol. The van der Waals surface area contributed by atoms with Crippen LogP contribution in [-0.2, 0) is 6.42 Å². The third-order valence-corrected chi connectivity index (χ3v) is 4.18. The summed E-state index contributed by atoms with van der Waals surface area (Å²) in [6, 6.07) is 10.8. The minimum absolute atomic E-state index is 0.0592. The monoisotopic (exact) mass is 311 g/mol. The maximum atomic E-state index is 13.2. The fourth-order valence-electron chi connectivity index (χ4n) is 2.21. The van der Waals surface area contributed by atoms with E-state index >= 15 is 0 Å². The summed E-state index contributed by atoms with van der Waals surface area (Å²) >= 11 is 12.2. The second kappa shape index (κ2) is 6.57. The molecule has 4 heteroatoms. The van der Waals surface area contributed by atoms with Gasteiger partial charge in [0.25, 0.3) is 0 Å². The molecule has 0 spiro atoms. The molecule has 0 aliphatic heterocycles. The molecule has 1 N–H and O–H groups in total. The Morgan fingerprint density at radius 2 is 1.95 bits per heavy atom. The van der Waals surface area contributed by atoms with E-state index in [2.05, 4.69) is 5.32 Å². The number of halogens is 3. The van der Waals surface area contributed by atoms with Crippen LogP contribution in [0.25, 0.3) is 0 Å². The van der Waals surface area contributed by atoms with Gasteiger partial charge in [0.2, 0.25) is 0 Å². The van der Waals surface area contributed by atoms with Crippen LogP contribution in [0.2, 0.25) is 10.0 Å². The van der Waals surface area contributed by atoms with Gasteiger partial charge in [-0.25, -0.2) is 4.39 Å². The van der Waals surface area contributed by atoms with Crippen LogP contribution < -0.4 is 5.32 Å². The molecule has 0 aromatic heterocycles. The first-order valence-electron chi connectivity index (χ1n) is 6.39. The van der Waals surface area contributed by atoms with Gasteiger partial charge in [-0.1, -0.05) is 47.5 Å². The lowest BCUT2D eigenvalue weighted by Gasteiger charge is -2.19. The summed E-state index contributed by atoms with van der Waals surface area (Å²) in [5.41, 5.74) is 3.05. The van der Waals surface area contributed by atoms with E-state index in [1.54, 1.807) is 12.1 Å². The summed E-state index contributed by atoms with van der Waals surface area (Å²) in [6.45, 7) is 1.98. The normalized spacial score (nSPS) is 12.4. The van der Waals surface area contributed by atoms with E-state index in [0.29, 0.717) is 6.42 Å². The molecule has 0 fully saturated rings. The smallest absolute Gasteiger partial charge is 0.141 e. The molecule has 106 valence electrons. The first kappa shape index (κ1) is 15.3. The highest BCUT2D eigenvalue weighted by atomic mass is 35.5. The van der Waals surface area contributed by atoms with E-state index in [9.17, 15) is 4.39 Å². The van der Waals surface area contributed by atoms with Crippen LogP contribution in [0, 0.1) is 12.7 Å². The molecule has 0 saturated heterocycles. The van der Waals surface area contributed by atoms with E-state index in [-0.39, 0.29) is 11.1 Å². The van der Waals surface area contributed by atoms with Crippen LogP contribution in [0.15, 0.2) is 36.4 Å². The summed E-state index contributed by atoms with van der Waals surface area (Å²) in [7, 11) is 1.88. The fourth-order valence-corrected chi connectivity index (χ4v) is 2.67. The van der Waals surface area contributed by atoms with Gasteiger partial charge in [-0.15, -0.1) is 0 Å². The standard InChI is InChI=1S/C16H16Cl2FN/c1-10-4-3-5-12(16(10)18)15(20-2)9-11-6-7-14(19)13(17)8-11/h3-8,15,20H,9H2,1-2H3. The Bertz CT molecular complexity index is 613. The molecule has 0 amide bonds. The van der Waals surface area contributed by atoms with Crippen LogP contribution in [-0.4, -0.2) is 7.05 Å². The Kier molecular flexibility index (Phi) is 5.03. The molecule has 2 aromatic rings. The van der Waals surface area contributed by atoms with Crippen molar-refractivity contribution in [1.82, 2.24) is 5.32 Å². The number of hydrogen-bond donors (Lipinski definition) is 1. The van der Waals surface area contributed by atoms with Gasteiger partial charge in [-0.2, -0.15) is 0 Å². The number of likely N-dealkylation sites (N-methyl/N-ethyl adjacent to an activating group) is 1. The Hall–Kier alpha value is -1.09. The van der Waals surface area contributed by atoms with E-state index in [1.807, 2.05) is 32.2 Å². The van der Waals surface area contributed by atoms with Gasteiger partial charge in [0.1, 0.15) is 5.82 Å². The van der Waals surface area contributed by atoms with Crippen molar-refractivity contribution in [3.8, 4) is 0 Å². The molecule has 0 aliphatic rings. The first-order valence-corrected chi connectivity index (χ1v) is 7.14. The number of rotatable bonds is 4. The first-order chi connectivity index (χ1) is 9.52. The number of hydrogen-bond acceptors (Lipinski definition) is 1. The summed E-state index contributed by atoms with van der Waals surface area (Å²) in [5, 5.41) is 4.16.